The summed E-state index contributed by atoms with van der Waals surface area (Å²) in [5.74, 6) is 1.51. The predicted molar refractivity (Wildman–Crippen MR) is 118 cm³/mol. The number of likely N-dealkylation sites (tertiary alicyclic amines) is 1. The Morgan fingerprint density at radius 3 is 2.69 bits per heavy atom. The van der Waals surface area contributed by atoms with E-state index in [1.165, 1.54) is 32.4 Å². The van der Waals surface area contributed by atoms with Crippen molar-refractivity contribution < 1.29 is 4.74 Å². The minimum Gasteiger partial charge on any atom is -0.494 e. The van der Waals surface area contributed by atoms with Gasteiger partial charge in [-0.15, -0.1) is 0 Å². The molecule has 0 saturated carbocycles. The summed E-state index contributed by atoms with van der Waals surface area (Å²) in [4.78, 5) is 20.2. The van der Waals surface area contributed by atoms with Gasteiger partial charge in [0.1, 0.15) is 11.6 Å². The minimum atomic E-state index is 0.000882. The van der Waals surface area contributed by atoms with Crippen LogP contribution in [0.4, 0.5) is 0 Å². The van der Waals surface area contributed by atoms with Crippen molar-refractivity contribution in [2.75, 3.05) is 26.2 Å². The summed E-state index contributed by atoms with van der Waals surface area (Å²) in [7, 11) is 0. The third-order valence-electron chi connectivity index (χ3n) is 5.61. The normalized spacial score (nSPS) is 14.9. The molecule has 1 saturated heterocycles. The van der Waals surface area contributed by atoms with Crippen LogP contribution in [0, 0.1) is 0 Å². The topological polar surface area (TPSA) is 47.4 Å². The Morgan fingerprint density at radius 2 is 1.86 bits per heavy atom. The predicted octanol–water partition coefficient (Wildman–Crippen LogP) is 4.34. The second-order valence-electron chi connectivity index (χ2n) is 7.63. The smallest absolute Gasteiger partial charge is 0.261 e. The van der Waals surface area contributed by atoms with Crippen LogP contribution in [-0.4, -0.2) is 40.7 Å². The number of hydrogen-bond donors (Lipinski definition) is 0. The first kappa shape index (κ1) is 19.6. The number of para-hydroxylation sites is 1. The highest BCUT2D eigenvalue weighted by Gasteiger charge is 2.13. The van der Waals surface area contributed by atoms with Crippen LogP contribution in [0.1, 0.15) is 32.6 Å². The van der Waals surface area contributed by atoms with Crippen molar-refractivity contribution in [3.63, 3.8) is 0 Å². The van der Waals surface area contributed by atoms with Crippen LogP contribution in [0.25, 0.3) is 22.3 Å². The second-order valence-corrected chi connectivity index (χ2v) is 7.63. The van der Waals surface area contributed by atoms with E-state index in [0.717, 1.165) is 29.8 Å². The molecule has 0 atom stereocenters. The van der Waals surface area contributed by atoms with E-state index in [0.29, 0.717) is 24.4 Å². The van der Waals surface area contributed by atoms with Gasteiger partial charge in [-0.1, -0.05) is 30.7 Å². The minimum absolute atomic E-state index is 0.000882. The van der Waals surface area contributed by atoms with Gasteiger partial charge in [-0.05, 0) is 63.5 Å². The van der Waals surface area contributed by atoms with E-state index in [2.05, 4.69) is 4.90 Å². The van der Waals surface area contributed by atoms with Crippen LogP contribution in [-0.2, 0) is 6.54 Å². The number of aromatic nitrogens is 2. The molecule has 5 nitrogen and oxygen atoms in total. The molecule has 5 heteroatoms. The molecule has 4 rings (SSSR count). The molecule has 1 aromatic heterocycles. The first-order chi connectivity index (χ1) is 14.3. The van der Waals surface area contributed by atoms with Gasteiger partial charge in [0, 0.05) is 18.7 Å². The van der Waals surface area contributed by atoms with Gasteiger partial charge in [-0.3, -0.25) is 9.36 Å². The molecule has 1 aliphatic heterocycles. The number of fused-ring (bicyclic) bond motifs is 1. The summed E-state index contributed by atoms with van der Waals surface area (Å²) >= 11 is 0. The Labute approximate surface area is 171 Å². The number of rotatable bonds is 7. The number of ether oxygens (including phenoxy) is 1. The number of hydrogen-bond acceptors (Lipinski definition) is 4. The zero-order valence-electron chi connectivity index (χ0n) is 17.1. The highest BCUT2D eigenvalue weighted by Crippen LogP contribution is 2.23. The van der Waals surface area contributed by atoms with Crippen LogP contribution >= 0.6 is 0 Å². The highest BCUT2D eigenvalue weighted by atomic mass is 16.5. The van der Waals surface area contributed by atoms with Crippen molar-refractivity contribution >= 4 is 10.9 Å². The highest BCUT2D eigenvalue weighted by molar-refractivity contribution is 5.79. The molecule has 1 fully saturated rings. The first-order valence-corrected chi connectivity index (χ1v) is 10.7. The van der Waals surface area contributed by atoms with Crippen LogP contribution in [0.2, 0.25) is 0 Å². The molecule has 0 N–H and O–H groups in total. The average Bonchev–Trinajstić information content (AvgIpc) is 2.78. The van der Waals surface area contributed by atoms with Crippen LogP contribution in [0.5, 0.6) is 5.75 Å². The molecule has 0 unspecified atom stereocenters. The summed E-state index contributed by atoms with van der Waals surface area (Å²) in [5.41, 5.74) is 1.63. The molecule has 2 heterocycles. The van der Waals surface area contributed by atoms with Crippen molar-refractivity contribution in [1.82, 2.24) is 14.5 Å². The number of piperidine rings is 1. The first-order valence-electron chi connectivity index (χ1n) is 10.7. The molecule has 29 heavy (non-hydrogen) atoms. The van der Waals surface area contributed by atoms with Crippen LogP contribution in [0.3, 0.4) is 0 Å². The molecule has 0 spiro atoms. The Balaban J connectivity index is 1.50. The summed E-state index contributed by atoms with van der Waals surface area (Å²) in [5, 5.41) is 0.656. The molecule has 0 bridgehead atoms. The zero-order valence-corrected chi connectivity index (χ0v) is 17.1. The Morgan fingerprint density at radius 1 is 1.03 bits per heavy atom. The molecule has 2 aromatic carbocycles. The second kappa shape index (κ2) is 9.23. The third-order valence-corrected chi connectivity index (χ3v) is 5.61. The summed E-state index contributed by atoms with van der Waals surface area (Å²) < 4.78 is 7.74. The van der Waals surface area contributed by atoms with Gasteiger partial charge in [-0.25, -0.2) is 4.98 Å². The molecular formula is C24H29N3O2. The maximum absolute atomic E-state index is 12.9. The fraction of sp³-hybridized carbons (Fsp3) is 0.417. The maximum atomic E-state index is 12.9. The Bertz CT molecular complexity index is 1020. The van der Waals surface area contributed by atoms with Gasteiger partial charge in [-0.2, -0.15) is 0 Å². The molecule has 0 amide bonds. The van der Waals surface area contributed by atoms with Gasteiger partial charge in [0.05, 0.1) is 17.5 Å². The quantitative estimate of drug-likeness (QED) is 0.562. The SMILES string of the molecule is CCn1c(-c2cccc(OCCCN3CCCCC3)c2)nc2ccccc2c1=O. The zero-order chi connectivity index (χ0) is 20.1. The Kier molecular flexibility index (Phi) is 6.25. The molecule has 0 aliphatic carbocycles. The molecular weight excluding hydrogens is 362 g/mol. The van der Waals surface area contributed by atoms with Gasteiger partial charge in [0.15, 0.2) is 0 Å². The standard InChI is InChI=1S/C24H29N3O2/c1-2-27-23(25-22-13-5-4-12-21(22)24(27)28)19-10-8-11-20(18-19)29-17-9-16-26-14-6-3-7-15-26/h4-5,8,10-13,18H,2-3,6-7,9,14-17H2,1H3. The fourth-order valence-corrected chi connectivity index (χ4v) is 4.07. The van der Waals surface area contributed by atoms with Crippen molar-refractivity contribution in [3.8, 4) is 17.1 Å². The van der Waals surface area contributed by atoms with Crippen LogP contribution < -0.4 is 10.3 Å². The summed E-state index contributed by atoms with van der Waals surface area (Å²) in [6.45, 7) is 6.79. The van der Waals surface area contributed by atoms with Gasteiger partial charge in [0.25, 0.3) is 5.56 Å². The van der Waals surface area contributed by atoms with Gasteiger partial charge in [0.2, 0.25) is 0 Å². The lowest BCUT2D eigenvalue weighted by Crippen LogP contribution is -2.31. The lowest BCUT2D eigenvalue weighted by atomic mass is 10.1. The molecule has 0 radical (unpaired) electrons. The largest absolute Gasteiger partial charge is 0.494 e. The van der Waals surface area contributed by atoms with Gasteiger partial charge >= 0.3 is 0 Å². The van der Waals surface area contributed by atoms with E-state index >= 15 is 0 Å². The van der Waals surface area contributed by atoms with E-state index < -0.39 is 0 Å². The third kappa shape index (κ3) is 4.51. The van der Waals surface area contributed by atoms with Crippen LogP contribution in [0.15, 0.2) is 53.3 Å². The monoisotopic (exact) mass is 391 g/mol. The summed E-state index contributed by atoms with van der Waals surface area (Å²) in [6.07, 6.45) is 5.03. The van der Waals surface area contributed by atoms with Crippen molar-refractivity contribution in [2.45, 2.75) is 39.2 Å². The number of benzene rings is 2. The van der Waals surface area contributed by atoms with Gasteiger partial charge < -0.3 is 9.64 Å². The fourth-order valence-electron chi connectivity index (χ4n) is 4.07. The van der Waals surface area contributed by atoms with E-state index in [9.17, 15) is 4.79 Å². The summed E-state index contributed by atoms with van der Waals surface area (Å²) in [6, 6.07) is 15.4. The van der Waals surface area contributed by atoms with Crippen molar-refractivity contribution in [3.05, 3.63) is 58.9 Å². The van der Waals surface area contributed by atoms with E-state index in [4.69, 9.17) is 9.72 Å². The lowest BCUT2D eigenvalue weighted by molar-refractivity contribution is 0.205. The van der Waals surface area contributed by atoms with E-state index in [1.807, 2.05) is 55.5 Å². The molecule has 1 aliphatic rings. The van der Waals surface area contributed by atoms with Crippen molar-refractivity contribution in [2.24, 2.45) is 0 Å². The van der Waals surface area contributed by atoms with Crippen molar-refractivity contribution in [1.29, 1.82) is 0 Å². The average molecular weight is 392 g/mol. The van der Waals surface area contributed by atoms with E-state index in [1.54, 1.807) is 4.57 Å². The van der Waals surface area contributed by atoms with E-state index in [-0.39, 0.29) is 5.56 Å². The number of nitrogens with zero attached hydrogens (tertiary/aromatic N) is 3. The molecule has 152 valence electrons. The maximum Gasteiger partial charge on any atom is 0.261 e. The Hall–Kier alpha value is -2.66. The molecule has 3 aromatic rings. The lowest BCUT2D eigenvalue weighted by Gasteiger charge is -2.26.